The Hall–Kier alpha value is -3.24. The van der Waals surface area contributed by atoms with Crippen molar-refractivity contribution in [1.29, 1.82) is 0 Å². The predicted molar refractivity (Wildman–Crippen MR) is 244 cm³/mol. The Morgan fingerprint density at radius 3 is 2.08 bits per heavy atom. The highest BCUT2D eigenvalue weighted by Gasteiger charge is 2.59. The first-order valence-electron chi connectivity index (χ1n) is 24.2. The van der Waals surface area contributed by atoms with Crippen LogP contribution in [0.3, 0.4) is 0 Å². The summed E-state index contributed by atoms with van der Waals surface area (Å²) in [7, 11) is 0. The number of unbranched alkanes of at least 4 members (excludes halogenated alkanes) is 1. The third kappa shape index (κ3) is 13.2. The van der Waals surface area contributed by atoms with Gasteiger partial charge in [0.05, 0.1) is 18.7 Å². The molecule has 10 nitrogen and oxygen atoms in total. The number of nitrogens with one attached hydrogen (secondary N) is 1. The van der Waals surface area contributed by atoms with Gasteiger partial charge in [-0.25, -0.2) is 4.79 Å². The monoisotopic (exact) mass is 863 g/mol. The van der Waals surface area contributed by atoms with Gasteiger partial charge in [-0.15, -0.1) is 0 Å². The molecule has 0 heterocycles. The summed E-state index contributed by atoms with van der Waals surface area (Å²) in [6, 6.07) is 7.85. The van der Waals surface area contributed by atoms with Crippen molar-refractivity contribution in [2.75, 3.05) is 19.6 Å². The van der Waals surface area contributed by atoms with Gasteiger partial charge < -0.3 is 19.0 Å². The van der Waals surface area contributed by atoms with Gasteiger partial charge in [0.2, 0.25) is 0 Å². The smallest absolute Gasteiger partial charge is 0.356 e. The molecule has 62 heavy (non-hydrogen) atoms. The van der Waals surface area contributed by atoms with Crippen LogP contribution in [0.2, 0.25) is 0 Å². The Labute approximate surface area is 374 Å². The van der Waals surface area contributed by atoms with Gasteiger partial charge in [0.25, 0.3) is 0 Å². The molecule has 0 aliphatic heterocycles. The van der Waals surface area contributed by atoms with Crippen LogP contribution in [0.4, 0.5) is 0 Å². The molecule has 348 valence electrons. The number of hydroxylamine groups is 1. The predicted octanol–water partition coefficient (Wildman–Crippen LogP) is 10.8. The molecular weight excluding hydrogens is 781 g/mol. The molecule has 0 aromatic heterocycles. The van der Waals surface area contributed by atoms with E-state index in [0.29, 0.717) is 55.0 Å². The molecule has 0 spiro atoms. The van der Waals surface area contributed by atoms with Gasteiger partial charge in [0.15, 0.2) is 0 Å². The first kappa shape index (κ1) is 49.8. The number of allylic oxidation sites excluding steroid dienone is 1. The lowest BCUT2D eigenvalue weighted by atomic mass is 9.47. The fourth-order valence-electron chi connectivity index (χ4n) is 12.1. The molecule has 9 atom stereocenters. The van der Waals surface area contributed by atoms with E-state index < -0.39 is 41.1 Å². The van der Waals surface area contributed by atoms with Crippen LogP contribution < -0.4 is 5.48 Å². The second-order valence-electron chi connectivity index (χ2n) is 22.3. The Morgan fingerprint density at radius 2 is 1.45 bits per heavy atom. The third-order valence-electron chi connectivity index (χ3n) is 14.9. The Kier molecular flexibility index (Phi) is 17.0. The SMILES string of the molecule is CC(C)CCC[C@@H](C)[C@H]1CCC2C3CC=C4C[C@@H](OC(=O)[C@H](CCCCNOC(=O)c5ccccc5)N(CC(=O)OC(C)(C)C)CC(=O)OC(C)(C)C)CC[C@]4(C)C3CC[C@@]21C. The normalized spacial score (nSPS) is 28.2. The number of carbonyl (C=O) groups is 4. The zero-order valence-corrected chi connectivity index (χ0v) is 40.3. The van der Waals surface area contributed by atoms with Crippen molar-refractivity contribution in [1.82, 2.24) is 10.4 Å². The molecule has 10 heteroatoms. The molecule has 3 unspecified atom stereocenters. The number of fused-ring (bicyclic) bond motifs is 5. The molecule has 1 aromatic rings. The minimum atomic E-state index is -0.904. The summed E-state index contributed by atoms with van der Waals surface area (Å²) in [4.78, 5) is 60.4. The van der Waals surface area contributed by atoms with Crippen molar-refractivity contribution in [2.45, 2.75) is 189 Å². The van der Waals surface area contributed by atoms with Crippen molar-refractivity contribution < 1.29 is 38.2 Å². The van der Waals surface area contributed by atoms with Crippen molar-refractivity contribution in [3.8, 4) is 0 Å². The average molecular weight is 863 g/mol. The zero-order valence-electron chi connectivity index (χ0n) is 40.3. The fraction of sp³-hybridized carbons (Fsp3) is 0.769. The van der Waals surface area contributed by atoms with Gasteiger partial charge >= 0.3 is 23.9 Å². The van der Waals surface area contributed by atoms with E-state index in [1.807, 2.05) is 6.07 Å². The van der Waals surface area contributed by atoms with Crippen molar-refractivity contribution in [3.05, 3.63) is 47.5 Å². The molecule has 3 fully saturated rings. The van der Waals surface area contributed by atoms with Gasteiger partial charge in [0, 0.05) is 13.0 Å². The van der Waals surface area contributed by atoms with E-state index in [0.717, 1.165) is 42.9 Å². The molecule has 4 aliphatic carbocycles. The first-order valence-corrected chi connectivity index (χ1v) is 24.2. The van der Waals surface area contributed by atoms with Gasteiger partial charge in [-0.1, -0.05) is 83.7 Å². The van der Waals surface area contributed by atoms with E-state index in [4.69, 9.17) is 19.0 Å². The van der Waals surface area contributed by atoms with E-state index in [1.165, 1.54) is 50.5 Å². The van der Waals surface area contributed by atoms with Crippen molar-refractivity contribution in [2.24, 2.45) is 46.3 Å². The fourth-order valence-corrected chi connectivity index (χ4v) is 12.1. The largest absolute Gasteiger partial charge is 0.461 e. The lowest BCUT2D eigenvalue weighted by molar-refractivity contribution is -0.166. The molecule has 0 radical (unpaired) electrons. The maximum Gasteiger partial charge on any atom is 0.356 e. The van der Waals surface area contributed by atoms with Gasteiger partial charge in [-0.05, 0) is 164 Å². The molecule has 3 saturated carbocycles. The molecule has 0 amide bonds. The van der Waals surface area contributed by atoms with Crippen LogP contribution >= 0.6 is 0 Å². The number of nitrogens with zero attached hydrogens (tertiary/aromatic N) is 1. The van der Waals surface area contributed by atoms with Crippen LogP contribution in [0, 0.1) is 46.3 Å². The van der Waals surface area contributed by atoms with E-state index in [-0.39, 0.29) is 24.6 Å². The third-order valence-corrected chi connectivity index (χ3v) is 14.9. The summed E-state index contributed by atoms with van der Waals surface area (Å²) in [5.74, 6) is 2.51. The number of ether oxygens (including phenoxy) is 3. The number of rotatable bonds is 19. The zero-order chi connectivity index (χ0) is 45.5. The maximum absolute atomic E-state index is 14.5. The summed E-state index contributed by atoms with van der Waals surface area (Å²) in [5, 5.41) is 0. The maximum atomic E-state index is 14.5. The molecular formula is C52H82N2O8. The second kappa shape index (κ2) is 21.2. The summed E-state index contributed by atoms with van der Waals surface area (Å²) in [5.41, 5.74) is 3.65. The Morgan fingerprint density at radius 1 is 0.790 bits per heavy atom. The highest BCUT2D eigenvalue weighted by atomic mass is 16.7. The molecule has 1 N–H and O–H groups in total. The standard InChI is InChI=1S/C52H82N2O8/c1-35(2)18-17-19-36(3)41-25-26-42-40-24-23-38-32-39(27-29-51(38,10)43(40)28-30-52(41,42)11)59-48(58)44(22-15-16-31-53-62-47(57)37-20-13-12-14-21-37)54(33-45(55)60-49(4,5)6)34-46(56)61-50(7,8)9/h12-14,20-21,23,35-36,39-44,53H,15-19,22,24-34H2,1-11H3/t36-,39+,40?,41-,42?,43?,44+,51+,52-/m1/s1. The Bertz CT molecular complexity index is 1670. The minimum Gasteiger partial charge on any atom is -0.461 e. The summed E-state index contributed by atoms with van der Waals surface area (Å²) < 4.78 is 17.8. The van der Waals surface area contributed by atoms with Crippen LogP contribution in [0.15, 0.2) is 42.0 Å². The number of benzene rings is 1. The van der Waals surface area contributed by atoms with E-state index in [1.54, 1.807) is 70.7 Å². The van der Waals surface area contributed by atoms with Gasteiger partial charge in [-0.3, -0.25) is 19.3 Å². The van der Waals surface area contributed by atoms with Crippen LogP contribution in [0.1, 0.15) is 176 Å². The number of hydrogen-bond acceptors (Lipinski definition) is 10. The number of carbonyl (C=O) groups excluding carboxylic acids is 4. The second-order valence-corrected chi connectivity index (χ2v) is 22.3. The van der Waals surface area contributed by atoms with E-state index in [9.17, 15) is 19.2 Å². The molecule has 4 aliphatic rings. The van der Waals surface area contributed by atoms with Crippen LogP contribution in [0.25, 0.3) is 0 Å². The van der Waals surface area contributed by atoms with Crippen LogP contribution in [0.5, 0.6) is 0 Å². The van der Waals surface area contributed by atoms with Crippen molar-refractivity contribution in [3.63, 3.8) is 0 Å². The highest BCUT2D eigenvalue weighted by molar-refractivity contribution is 5.89. The Balaban J connectivity index is 1.27. The molecule has 0 bridgehead atoms. The number of esters is 3. The first-order chi connectivity index (χ1) is 29.1. The quantitative estimate of drug-likeness (QED) is 0.0473. The van der Waals surface area contributed by atoms with Crippen molar-refractivity contribution >= 4 is 23.9 Å². The van der Waals surface area contributed by atoms with Crippen LogP contribution in [-0.4, -0.2) is 71.8 Å². The lowest BCUT2D eigenvalue weighted by Gasteiger charge is -2.58. The molecule has 5 rings (SSSR count). The summed E-state index contributed by atoms with van der Waals surface area (Å²) in [6.07, 6.45) is 16.6. The lowest BCUT2D eigenvalue weighted by Crippen LogP contribution is -2.52. The molecule has 0 saturated heterocycles. The minimum absolute atomic E-state index is 0.101. The van der Waals surface area contributed by atoms with Gasteiger partial charge in [-0.2, -0.15) is 5.48 Å². The number of hydrogen-bond donors (Lipinski definition) is 1. The molecule has 1 aromatic carbocycles. The van der Waals surface area contributed by atoms with Gasteiger partial charge in [0.1, 0.15) is 23.3 Å². The van der Waals surface area contributed by atoms with E-state index >= 15 is 0 Å². The van der Waals surface area contributed by atoms with E-state index in [2.05, 4.69) is 46.2 Å². The summed E-state index contributed by atoms with van der Waals surface area (Å²) >= 11 is 0. The topological polar surface area (TPSA) is 120 Å². The summed E-state index contributed by atoms with van der Waals surface area (Å²) in [6.45, 7) is 22.9. The van der Waals surface area contributed by atoms with Crippen LogP contribution in [-0.2, 0) is 33.4 Å². The highest BCUT2D eigenvalue weighted by Crippen LogP contribution is 2.67. The average Bonchev–Trinajstić information content (AvgIpc) is 3.53.